The second-order valence-electron chi connectivity index (χ2n) is 3.86. The third kappa shape index (κ3) is 2.43. The maximum Gasteiger partial charge on any atom is 0.150 e. The van der Waals surface area contributed by atoms with Crippen LogP contribution in [0.2, 0.25) is 5.15 Å². The van der Waals surface area contributed by atoms with Crippen LogP contribution < -0.4 is 0 Å². The molecule has 0 unspecified atom stereocenters. The smallest absolute Gasteiger partial charge is 0.150 e. The average Bonchev–Trinajstić information content (AvgIpc) is 2.67. The van der Waals surface area contributed by atoms with E-state index < -0.39 is 0 Å². The van der Waals surface area contributed by atoms with Crippen molar-refractivity contribution in [2.45, 2.75) is 19.8 Å². The highest BCUT2D eigenvalue weighted by Gasteiger charge is 2.16. The molecular formula is C13H11BrClN3. The predicted molar refractivity (Wildman–Crippen MR) is 75.0 cm³/mol. The summed E-state index contributed by atoms with van der Waals surface area (Å²) in [7, 11) is 0. The number of hydrogen-bond acceptors (Lipinski definition) is 2. The van der Waals surface area contributed by atoms with Gasteiger partial charge in [-0.3, -0.25) is 0 Å². The van der Waals surface area contributed by atoms with Gasteiger partial charge in [-0.25, -0.2) is 4.68 Å². The van der Waals surface area contributed by atoms with Crippen LogP contribution in [-0.2, 0) is 6.42 Å². The zero-order chi connectivity index (χ0) is 13.1. The summed E-state index contributed by atoms with van der Waals surface area (Å²) >= 11 is 9.59. The Morgan fingerprint density at radius 1 is 1.39 bits per heavy atom. The van der Waals surface area contributed by atoms with Gasteiger partial charge in [-0.1, -0.05) is 40.9 Å². The first kappa shape index (κ1) is 13.1. The Morgan fingerprint density at radius 3 is 2.61 bits per heavy atom. The summed E-state index contributed by atoms with van der Waals surface area (Å²) in [5.41, 5.74) is 2.08. The molecule has 0 aliphatic rings. The lowest BCUT2D eigenvalue weighted by atomic mass is 10.2. The Bertz CT molecular complexity index is 596. The van der Waals surface area contributed by atoms with Crippen molar-refractivity contribution >= 4 is 27.5 Å². The maximum atomic E-state index is 9.13. The second-order valence-corrected chi connectivity index (χ2v) is 5.14. The summed E-state index contributed by atoms with van der Waals surface area (Å²) in [6.45, 7) is 2.05. The van der Waals surface area contributed by atoms with Gasteiger partial charge in [0.15, 0.2) is 5.15 Å². The van der Waals surface area contributed by atoms with Gasteiger partial charge in [-0.15, -0.1) is 0 Å². The Kier molecular flexibility index (Phi) is 4.05. The van der Waals surface area contributed by atoms with E-state index in [0.717, 1.165) is 28.7 Å². The molecule has 0 fully saturated rings. The van der Waals surface area contributed by atoms with Crippen molar-refractivity contribution in [2.75, 3.05) is 0 Å². The highest BCUT2D eigenvalue weighted by atomic mass is 79.9. The molecule has 2 rings (SSSR count). The summed E-state index contributed by atoms with van der Waals surface area (Å²) in [6.07, 6.45) is 1.69. The minimum Gasteiger partial charge on any atom is -0.221 e. The number of benzene rings is 1. The summed E-state index contributed by atoms with van der Waals surface area (Å²) < 4.78 is 2.60. The van der Waals surface area contributed by atoms with Crippen LogP contribution in [0.4, 0.5) is 0 Å². The quantitative estimate of drug-likeness (QED) is 0.852. The van der Waals surface area contributed by atoms with E-state index in [1.807, 2.05) is 31.2 Å². The predicted octanol–water partition coefficient (Wildman–Crippen LogP) is 4.11. The van der Waals surface area contributed by atoms with E-state index in [9.17, 15) is 0 Å². The molecule has 2 aromatic rings. The average molecular weight is 325 g/mol. The van der Waals surface area contributed by atoms with E-state index in [2.05, 4.69) is 27.1 Å². The molecule has 18 heavy (non-hydrogen) atoms. The van der Waals surface area contributed by atoms with Crippen molar-refractivity contribution in [1.82, 2.24) is 9.78 Å². The van der Waals surface area contributed by atoms with Crippen molar-refractivity contribution < 1.29 is 0 Å². The zero-order valence-electron chi connectivity index (χ0n) is 9.82. The molecular weight excluding hydrogens is 314 g/mol. The summed E-state index contributed by atoms with van der Waals surface area (Å²) in [4.78, 5) is 0. The van der Waals surface area contributed by atoms with Crippen LogP contribution in [0.25, 0.3) is 5.69 Å². The number of aromatic nitrogens is 2. The van der Waals surface area contributed by atoms with Crippen molar-refractivity contribution in [1.29, 1.82) is 5.26 Å². The van der Waals surface area contributed by atoms with Crippen LogP contribution in [-0.4, -0.2) is 9.78 Å². The lowest BCUT2D eigenvalue weighted by Gasteiger charge is -2.02. The Hall–Kier alpha value is -1.31. The molecule has 0 aliphatic heterocycles. The van der Waals surface area contributed by atoms with Crippen LogP contribution in [0.3, 0.4) is 0 Å². The van der Waals surface area contributed by atoms with Gasteiger partial charge in [0, 0.05) is 4.47 Å². The normalized spacial score (nSPS) is 10.3. The fourth-order valence-corrected chi connectivity index (χ4v) is 2.27. The van der Waals surface area contributed by atoms with Crippen molar-refractivity contribution in [3.8, 4) is 11.8 Å². The highest BCUT2D eigenvalue weighted by molar-refractivity contribution is 9.10. The minimum atomic E-state index is 0.378. The number of nitrogens with zero attached hydrogens (tertiary/aromatic N) is 3. The third-order valence-corrected chi connectivity index (χ3v) is 3.45. The van der Waals surface area contributed by atoms with Gasteiger partial charge in [0.05, 0.1) is 11.4 Å². The van der Waals surface area contributed by atoms with Crippen LogP contribution in [0.15, 0.2) is 28.7 Å². The van der Waals surface area contributed by atoms with E-state index in [1.54, 1.807) is 4.68 Å². The second kappa shape index (κ2) is 5.55. The van der Waals surface area contributed by atoms with Crippen LogP contribution in [0.5, 0.6) is 0 Å². The Balaban J connectivity index is 2.52. The number of hydrogen-bond donors (Lipinski definition) is 0. The molecule has 1 aromatic carbocycles. The summed E-state index contributed by atoms with van der Waals surface area (Å²) in [5.74, 6) is 0. The minimum absolute atomic E-state index is 0.378. The fourth-order valence-electron chi connectivity index (χ4n) is 1.72. The van der Waals surface area contributed by atoms with Crippen LogP contribution in [0, 0.1) is 11.3 Å². The summed E-state index contributed by atoms with van der Waals surface area (Å²) in [6, 6.07) is 9.76. The van der Waals surface area contributed by atoms with Gasteiger partial charge in [0.2, 0.25) is 0 Å². The van der Waals surface area contributed by atoms with Gasteiger partial charge in [-0.2, -0.15) is 10.4 Å². The van der Waals surface area contributed by atoms with Crippen LogP contribution in [0.1, 0.15) is 24.6 Å². The molecule has 0 atom stereocenters. The van der Waals surface area contributed by atoms with Crippen molar-refractivity contribution in [3.63, 3.8) is 0 Å². The maximum absolute atomic E-state index is 9.13. The highest BCUT2D eigenvalue weighted by Crippen LogP contribution is 2.24. The first-order chi connectivity index (χ1) is 8.67. The first-order valence-corrected chi connectivity index (χ1v) is 6.78. The van der Waals surface area contributed by atoms with Gasteiger partial charge in [-0.05, 0) is 30.7 Å². The van der Waals surface area contributed by atoms with E-state index in [4.69, 9.17) is 16.9 Å². The molecule has 0 N–H and O–H groups in total. The van der Waals surface area contributed by atoms with Crippen LogP contribution >= 0.6 is 27.5 Å². The standard InChI is InChI=1S/C13H11BrClN3/c1-2-3-12-11(8-16)13(15)18(17-12)10-6-4-9(14)5-7-10/h4-7H,2-3H2,1H3. The Morgan fingerprint density at radius 2 is 2.06 bits per heavy atom. The first-order valence-electron chi connectivity index (χ1n) is 5.60. The fraction of sp³-hybridized carbons (Fsp3) is 0.231. The molecule has 0 saturated carbocycles. The largest absolute Gasteiger partial charge is 0.221 e. The van der Waals surface area contributed by atoms with E-state index in [-0.39, 0.29) is 0 Å². The summed E-state index contributed by atoms with van der Waals surface area (Å²) in [5, 5.41) is 13.9. The van der Waals surface area contributed by atoms with E-state index in [0.29, 0.717) is 10.7 Å². The Labute approximate surface area is 119 Å². The van der Waals surface area contributed by atoms with Crippen molar-refractivity contribution in [2.24, 2.45) is 0 Å². The van der Waals surface area contributed by atoms with Gasteiger partial charge >= 0.3 is 0 Å². The van der Waals surface area contributed by atoms with Gasteiger partial charge < -0.3 is 0 Å². The molecule has 5 heteroatoms. The van der Waals surface area contributed by atoms with E-state index in [1.165, 1.54) is 0 Å². The molecule has 0 amide bonds. The SMILES string of the molecule is CCCc1nn(-c2ccc(Br)cc2)c(Cl)c1C#N. The molecule has 0 bridgehead atoms. The number of aryl methyl sites for hydroxylation is 1. The molecule has 0 saturated heterocycles. The topological polar surface area (TPSA) is 41.6 Å². The number of halogens is 2. The van der Waals surface area contributed by atoms with Gasteiger partial charge in [0.1, 0.15) is 11.6 Å². The lowest BCUT2D eigenvalue weighted by Crippen LogP contribution is -1.97. The number of nitriles is 1. The molecule has 0 spiro atoms. The monoisotopic (exact) mass is 323 g/mol. The zero-order valence-corrected chi connectivity index (χ0v) is 12.2. The number of rotatable bonds is 3. The molecule has 0 aliphatic carbocycles. The van der Waals surface area contributed by atoms with Crippen molar-refractivity contribution in [3.05, 3.63) is 45.1 Å². The lowest BCUT2D eigenvalue weighted by molar-refractivity contribution is 0.806. The molecule has 92 valence electrons. The third-order valence-electron chi connectivity index (χ3n) is 2.57. The molecule has 0 radical (unpaired) electrons. The van der Waals surface area contributed by atoms with Gasteiger partial charge in [0.25, 0.3) is 0 Å². The molecule has 1 heterocycles. The van der Waals surface area contributed by atoms with E-state index >= 15 is 0 Å². The molecule has 3 nitrogen and oxygen atoms in total. The molecule has 1 aromatic heterocycles.